The summed E-state index contributed by atoms with van der Waals surface area (Å²) in [7, 11) is 0. The van der Waals surface area contributed by atoms with E-state index in [2.05, 4.69) is 0 Å². The zero-order valence-electron chi connectivity index (χ0n) is 9.59. The first-order chi connectivity index (χ1) is 8.97. The van der Waals surface area contributed by atoms with Crippen LogP contribution in [0.3, 0.4) is 0 Å². The summed E-state index contributed by atoms with van der Waals surface area (Å²) >= 11 is 17.5. The number of carbonyl (C=O) groups excluding carboxylic acids is 1. The maximum Gasteiger partial charge on any atom is 0.168 e. The summed E-state index contributed by atoms with van der Waals surface area (Å²) in [5.41, 5.74) is 0.502. The minimum Gasteiger partial charge on any atom is -0.294 e. The van der Waals surface area contributed by atoms with Crippen LogP contribution >= 0.6 is 34.8 Å². The molecule has 0 aliphatic carbocycles. The molecular weight excluding hydrogens is 310 g/mol. The number of Topliss-reactive ketones (excluding diaryl/α,β-unsaturated/α-hetero) is 1. The van der Waals surface area contributed by atoms with Crippen LogP contribution in [0.15, 0.2) is 36.4 Å². The van der Waals surface area contributed by atoms with Crippen molar-refractivity contribution < 1.29 is 9.18 Å². The topological polar surface area (TPSA) is 17.1 Å². The summed E-state index contributed by atoms with van der Waals surface area (Å²) in [6, 6.07) is 8.66. The van der Waals surface area contributed by atoms with Gasteiger partial charge in [0.05, 0.1) is 5.02 Å². The Hall–Kier alpha value is -1.09. The molecular formula is C14H8Cl3FO. The van der Waals surface area contributed by atoms with Crippen molar-refractivity contribution >= 4 is 40.6 Å². The summed E-state index contributed by atoms with van der Waals surface area (Å²) in [6.07, 6.45) is -0.119. The Morgan fingerprint density at radius 1 is 1.00 bits per heavy atom. The predicted molar refractivity (Wildman–Crippen MR) is 75.9 cm³/mol. The first-order valence-electron chi connectivity index (χ1n) is 5.39. The van der Waals surface area contributed by atoms with Gasteiger partial charge in [0.15, 0.2) is 5.78 Å². The lowest BCUT2D eigenvalue weighted by atomic mass is 10.0. The first-order valence-corrected chi connectivity index (χ1v) is 6.53. The monoisotopic (exact) mass is 316 g/mol. The molecule has 0 radical (unpaired) electrons. The molecule has 0 unspecified atom stereocenters. The lowest BCUT2D eigenvalue weighted by Gasteiger charge is -2.06. The molecule has 0 fully saturated rings. The van der Waals surface area contributed by atoms with E-state index in [1.807, 2.05) is 0 Å². The molecule has 0 aliphatic heterocycles. The smallest absolute Gasteiger partial charge is 0.168 e. The number of hydrogen-bond acceptors (Lipinski definition) is 1. The minimum atomic E-state index is -0.476. The Bertz CT molecular complexity index is 641. The van der Waals surface area contributed by atoms with Crippen LogP contribution in [-0.2, 0) is 6.42 Å². The maximum atomic E-state index is 13.6. The van der Waals surface area contributed by atoms with Crippen molar-refractivity contribution in [2.24, 2.45) is 0 Å². The summed E-state index contributed by atoms with van der Waals surface area (Å²) in [5.74, 6) is -0.787. The first kappa shape index (κ1) is 14.3. The van der Waals surface area contributed by atoms with E-state index in [4.69, 9.17) is 34.8 Å². The van der Waals surface area contributed by atoms with Crippen LogP contribution in [0.2, 0.25) is 15.1 Å². The van der Waals surface area contributed by atoms with Gasteiger partial charge >= 0.3 is 0 Å². The highest BCUT2D eigenvalue weighted by atomic mass is 35.5. The highest BCUT2D eigenvalue weighted by molar-refractivity contribution is 6.36. The predicted octanol–water partition coefficient (Wildman–Crippen LogP) is 5.21. The van der Waals surface area contributed by atoms with Gasteiger partial charge in [-0.2, -0.15) is 0 Å². The number of rotatable bonds is 3. The van der Waals surface area contributed by atoms with Gasteiger partial charge in [0.1, 0.15) is 5.82 Å². The Morgan fingerprint density at radius 2 is 1.63 bits per heavy atom. The van der Waals surface area contributed by atoms with Crippen molar-refractivity contribution in [1.29, 1.82) is 0 Å². The zero-order chi connectivity index (χ0) is 14.0. The van der Waals surface area contributed by atoms with Crippen molar-refractivity contribution in [2.75, 3.05) is 0 Å². The normalized spacial score (nSPS) is 10.5. The number of halogens is 4. The second-order valence-corrected chi connectivity index (χ2v) is 5.24. The number of hydrogen-bond donors (Lipinski definition) is 0. The summed E-state index contributed by atoms with van der Waals surface area (Å²) in [5, 5.41) is 1.07. The highest BCUT2D eigenvalue weighted by Crippen LogP contribution is 2.23. The largest absolute Gasteiger partial charge is 0.294 e. The summed E-state index contributed by atoms with van der Waals surface area (Å²) < 4.78 is 13.6. The Balaban J connectivity index is 2.30. The van der Waals surface area contributed by atoms with Crippen LogP contribution in [0.5, 0.6) is 0 Å². The van der Waals surface area contributed by atoms with Gasteiger partial charge < -0.3 is 0 Å². The van der Waals surface area contributed by atoms with Gasteiger partial charge in [-0.15, -0.1) is 0 Å². The van der Waals surface area contributed by atoms with Gasteiger partial charge in [-0.05, 0) is 42.0 Å². The second kappa shape index (κ2) is 5.91. The van der Waals surface area contributed by atoms with Crippen LogP contribution in [0.1, 0.15) is 15.9 Å². The number of carbonyl (C=O) groups is 1. The van der Waals surface area contributed by atoms with Crippen LogP contribution < -0.4 is 0 Å². The molecule has 1 nitrogen and oxygen atoms in total. The van der Waals surface area contributed by atoms with Crippen LogP contribution in [-0.4, -0.2) is 5.78 Å². The molecule has 0 atom stereocenters. The van der Waals surface area contributed by atoms with Crippen molar-refractivity contribution in [3.8, 4) is 0 Å². The van der Waals surface area contributed by atoms with E-state index >= 15 is 0 Å². The highest BCUT2D eigenvalue weighted by Gasteiger charge is 2.14. The number of benzene rings is 2. The molecule has 0 bridgehead atoms. The maximum absolute atomic E-state index is 13.6. The molecule has 0 spiro atoms. The van der Waals surface area contributed by atoms with E-state index in [1.165, 1.54) is 30.3 Å². The standard InChI is InChI=1S/C14H8Cl3FO/c15-9-2-4-13(18)8(5-9)6-14(19)11-7-10(16)1-3-12(11)17/h1-5,7H,6H2. The molecule has 0 saturated carbocycles. The van der Waals surface area contributed by atoms with Crippen molar-refractivity contribution in [1.82, 2.24) is 0 Å². The SMILES string of the molecule is O=C(Cc1cc(Cl)ccc1F)c1cc(Cl)ccc1Cl. The van der Waals surface area contributed by atoms with Crippen LogP contribution in [0.25, 0.3) is 0 Å². The molecule has 0 heterocycles. The quantitative estimate of drug-likeness (QED) is 0.710. The second-order valence-electron chi connectivity index (χ2n) is 3.96. The molecule has 98 valence electrons. The molecule has 0 amide bonds. The van der Waals surface area contributed by atoms with E-state index in [0.717, 1.165) is 0 Å². The average Bonchev–Trinajstić information content (AvgIpc) is 2.36. The van der Waals surface area contributed by atoms with E-state index < -0.39 is 5.82 Å². The number of ketones is 1. The van der Waals surface area contributed by atoms with Crippen LogP contribution in [0.4, 0.5) is 4.39 Å². The third-order valence-corrected chi connectivity index (χ3v) is 3.39. The van der Waals surface area contributed by atoms with Gasteiger partial charge in [-0.1, -0.05) is 34.8 Å². The van der Waals surface area contributed by atoms with Gasteiger partial charge in [0.25, 0.3) is 0 Å². The van der Waals surface area contributed by atoms with E-state index in [-0.39, 0.29) is 28.4 Å². The van der Waals surface area contributed by atoms with Crippen molar-refractivity contribution in [3.63, 3.8) is 0 Å². The van der Waals surface area contributed by atoms with Crippen molar-refractivity contribution in [2.45, 2.75) is 6.42 Å². The van der Waals surface area contributed by atoms with E-state index in [0.29, 0.717) is 10.0 Å². The Labute approximate surface area is 124 Å². The van der Waals surface area contributed by atoms with Gasteiger partial charge in [-0.3, -0.25) is 4.79 Å². The molecule has 19 heavy (non-hydrogen) atoms. The molecule has 2 rings (SSSR count). The molecule has 0 aliphatic rings. The fourth-order valence-electron chi connectivity index (χ4n) is 1.66. The third kappa shape index (κ3) is 3.47. The van der Waals surface area contributed by atoms with Crippen molar-refractivity contribution in [3.05, 3.63) is 68.4 Å². The molecule has 2 aromatic carbocycles. The lowest BCUT2D eigenvalue weighted by molar-refractivity contribution is 0.0992. The van der Waals surface area contributed by atoms with Gasteiger partial charge in [0.2, 0.25) is 0 Å². The minimum absolute atomic E-state index is 0.119. The molecule has 0 saturated heterocycles. The third-order valence-electron chi connectivity index (χ3n) is 2.59. The summed E-state index contributed by atoms with van der Waals surface area (Å²) in [6.45, 7) is 0. The average molecular weight is 318 g/mol. The van der Waals surface area contributed by atoms with E-state index in [1.54, 1.807) is 6.07 Å². The zero-order valence-corrected chi connectivity index (χ0v) is 11.9. The Kier molecular flexibility index (Phi) is 4.46. The Morgan fingerprint density at radius 3 is 2.37 bits per heavy atom. The fraction of sp³-hybridized carbons (Fsp3) is 0.0714. The molecule has 5 heteroatoms. The van der Waals surface area contributed by atoms with Gasteiger partial charge in [0, 0.05) is 22.0 Å². The molecule has 0 N–H and O–H groups in total. The van der Waals surface area contributed by atoms with E-state index in [9.17, 15) is 9.18 Å². The fourth-order valence-corrected chi connectivity index (χ4v) is 2.25. The van der Waals surface area contributed by atoms with Gasteiger partial charge in [-0.25, -0.2) is 4.39 Å². The molecule has 2 aromatic rings. The lowest BCUT2D eigenvalue weighted by Crippen LogP contribution is -2.06. The molecule has 0 aromatic heterocycles. The summed E-state index contributed by atoms with van der Waals surface area (Å²) in [4.78, 5) is 12.1. The van der Waals surface area contributed by atoms with Crippen LogP contribution in [0, 0.1) is 5.82 Å².